The van der Waals surface area contributed by atoms with Gasteiger partial charge in [-0.25, -0.2) is 9.69 Å². The normalized spacial score (nSPS) is 13.1. The molecule has 0 aromatic heterocycles. The Bertz CT molecular complexity index is 1450. The molecule has 0 fully saturated rings. The molecule has 0 bridgehead atoms. The van der Waals surface area contributed by atoms with Crippen molar-refractivity contribution in [3.05, 3.63) is 99.7 Å². The topological polar surface area (TPSA) is 105 Å². The average molecular weight is 518 g/mol. The Morgan fingerprint density at radius 2 is 1.62 bits per heavy atom. The Morgan fingerprint density at radius 1 is 0.919 bits per heavy atom. The number of nitrogens with zero attached hydrogens (tertiary/aromatic N) is 1. The number of carbonyl (C=O) groups is 4. The smallest absolute Gasteiger partial charge is 0.338 e. The van der Waals surface area contributed by atoms with E-state index in [0.29, 0.717) is 16.9 Å². The molecule has 0 spiro atoms. The lowest BCUT2D eigenvalue weighted by atomic mass is 10.1. The maximum atomic E-state index is 13.1. The number of halogens is 1. The summed E-state index contributed by atoms with van der Waals surface area (Å²) < 4.78 is 4.95. The van der Waals surface area contributed by atoms with Gasteiger partial charge in [0.2, 0.25) is 0 Å². The number of aryl methyl sites for hydroxylation is 1. The predicted octanol–water partition coefficient (Wildman–Crippen LogP) is 5.17. The summed E-state index contributed by atoms with van der Waals surface area (Å²) in [5.74, 6) is -2.20. The van der Waals surface area contributed by atoms with Gasteiger partial charge in [0, 0.05) is 16.9 Å². The van der Waals surface area contributed by atoms with Crippen molar-refractivity contribution in [2.24, 2.45) is 0 Å². The summed E-state index contributed by atoms with van der Waals surface area (Å²) in [5.41, 5.74) is 3.90. The fraction of sp³-hybridized carbons (Fsp3) is 0.143. The van der Waals surface area contributed by atoms with E-state index in [-0.39, 0.29) is 34.5 Å². The van der Waals surface area contributed by atoms with Gasteiger partial charge in [0.05, 0.1) is 17.9 Å². The Morgan fingerprint density at radius 3 is 2.32 bits per heavy atom. The van der Waals surface area contributed by atoms with Crippen LogP contribution in [0.2, 0.25) is 0 Å². The standard InChI is InChI=1S/C28H24ClN3O5/c1-4-37-28(36)18-11-13-21(14-12-18)32-26(34)23(29)24(27(32)35)30-20-9-6-8-19(15-20)25(33)31-22-10-5-7-16(2)17(22)3/h5-15,30H,4H2,1-3H3,(H,31,33). The molecule has 1 aliphatic heterocycles. The number of amides is 3. The molecule has 3 aromatic carbocycles. The van der Waals surface area contributed by atoms with E-state index in [1.54, 1.807) is 31.2 Å². The summed E-state index contributed by atoms with van der Waals surface area (Å²) in [6, 6.07) is 18.0. The zero-order valence-corrected chi connectivity index (χ0v) is 21.2. The first kappa shape index (κ1) is 25.7. The van der Waals surface area contributed by atoms with Gasteiger partial charge in [-0.1, -0.05) is 29.8 Å². The van der Waals surface area contributed by atoms with Crippen LogP contribution in [0.5, 0.6) is 0 Å². The van der Waals surface area contributed by atoms with Crippen LogP contribution in [0.4, 0.5) is 17.1 Å². The van der Waals surface area contributed by atoms with E-state index in [4.69, 9.17) is 16.3 Å². The summed E-state index contributed by atoms with van der Waals surface area (Å²) in [6.07, 6.45) is 0. The van der Waals surface area contributed by atoms with Gasteiger partial charge in [0.15, 0.2) is 0 Å². The van der Waals surface area contributed by atoms with E-state index < -0.39 is 17.8 Å². The molecular weight excluding hydrogens is 494 g/mol. The summed E-state index contributed by atoms with van der Waals surface area (Å²) in [5, 5.41) is 5.49. The molecule has 188 valence electrons. The molecule has 37 heavy (non-hydrogen) atoms. The van der Waals surface area contributed by atoms with Crippen LogP contribution in [0, 0.1) is 13.8 Å². The van der Waals surface area contributed by atoms with Crippen molar-refractivity contribution in [3.63, 3.8) is 0 Å². The number of ether oxygens (including phenoxy) is 1. The van der Waals surface area contributed by atoms with Crippen LogP contribution in [-0.4, -0.2) is 30.3 Å². The van der Waals surface area contributed by atoms with Gasteiger partial charge in [0.1, 0.15) is 10.7 Å². The van der Waals surface area contributed by atoms with E-state index in [9.17, 15) is 19.2 Å². The van der Waals surface area contributed by atoms with Gasteiger partial charge in [-0.05, 0) is 80.4 Å². The average Bonchev–Trinajstić information content (AvgIpc) is 3.10. The number of anilines is 3. The molecule has 8 nitrogen and oxygen atoms in total. The van der Waals surface area contributed by atoms with Crippen molar-refractivity contribution in [2.45, 2.75) is 20.8 Å². The minimum absolute atomic E-state index is 0.117. The highest BCUT2D eigenvalue weighted by Crippen LogP contribution is 2.30. The van der Waals surface area contributed by atoms with E-state index in [1.807, 2.05) is 32.0 Å². The lowest BCUT2D eigenvalue weighted by Gasteiger charge is -2.15. The molecule has 0 saturated heterocycles. The predicted molar refractivity (Wildman–Crippen MR) is 142 cm³/mol. The minimum atomic E-state index is -0.707. The maximum absolute atomic E-state index is 13.1. The quantitative estimate of drug-likeness (QED) is 0.331. The van der Waals surface area contributed by atoms with Crippen LogP contribution in [-0.2, 0) is 14.3 Å². The van der Waals surface area contributed by atoms with E-state index in [2.05, 4.69) is 10.6 Å². The van der Waals surface area contributed by atoms with Crippen molar-refractivity contribution in [1.82, 2.24) is 0 Å². The SMILES string of the molecule is CCOC(=O)c1ccc(N2C(=O)C(Cl)=C(Nc3cccc(C(=O)Nc4cccc(C)c4C)c3)C2=O)cc1. The minimum Gasteiger partial charge on any atom is -0.462 e. The molecule has 3 amide bonds. The number of hydrogen-bond acceptors (Lipinski definition) is 6. The molecular formula is C28H24ClN3O5. The summed E-state index contributed by atoms with van der Waals surface area (Å²) in [4.78, 5) is 51.6. The monoisotopic (exact) mass is 517 g/mol. The molecule has 0 atom stereocenters. The lowest BCUT2D eigenvalue weighted by molar-refractivity contribution is -0.120. The second-order valence-electron chi connectivity index (χ2n) is 8.31. The summed E-state index contributed by atoms with van der Waals surface area (Å²) >= 11 is 6.23. The van der Waals surface area contributed by atoms with Crippen molar-refractivity contribution < 1.29 is 23.9 Å². The van der Waals surface area contributed by atoms with Gasteiger partial charge in [0.25, 0.3) is 17.7 Å². The van der Waals surface area contributed by atoms with Crippen LogP contribution in [0.15, 0.2) is 77.5 Å². The second-order valence-corrected chi connectivity index (χ2v) is 8.69. The Balaban J connectivity index is 1.51. The third-order valence-electron chi connectivity index (χ3n) is 5.91. The first-order valence-electron chi connectivity index (χ1n) is 11.5. The molecule has 2 N–H and O–H groups in total. The molecule has 0 aliphatic carbocycles. The number of esters is 1. The van der Waals surface area contributed by atoms with Gasteiger partial charge < -0.3 is 15.4 Å². The lowest BCUT2D eigenvalue weighted by Crippen LogP contribution is -2.32. The van der Waals surface area contributed by atoms with Crippen molar-refractivity contribution in [1.29, 1.82) is 0 Å². The van der Waals surface area contributed by atoms with Crippen molar-refractivity contribution >= 4 is 52.4 Å². The fourth-order valence-corrected chi connectivity index (χ4v) is 3.98. The molecule has 0 unspecified atom stereocenters. The number of carbonyl (C=O) groups excluding carboxylic acids is 4. The number of rotatable bonds is 7. The molecule has 9 heteroatoms. The van der Waals surface area contributed by atoms with Gasteiger partial charge in [-0.3, -0.25) is 14.4 Å². The first-order chi connectivity index (χ1) is 17.7. The third-order valence-corrected chi connectivity index (χ3v) is 6.26. The number of benzene rings is 3. The van der Waals surface area contributed by atoms with Crippen LogP contribution >= 0.6 is 11.6 Å². The fourth-order valence-electron chi connectivity index (χ4n) is 3.77. The van der Waals surface area contributed by atoms with E-state index in [0.717, 1.165) is 16.0 Å². The highest BCUT2D eigenvalue weighted by atomic mass is 35.5. The highest BCUT2D eigenvalue weighted by molar-refractivity contribution is 6.53. The van der Waals surface area contributed by atoms with E-state index in [1.165, 1.54) is 24.3 Å². The van der Waals surface area contributed by atoms with Crippen LogP contribution in [0.3, 0.4) is 0 Å². The Hall–Kier alpha value is -4.43. The molecule has 3 aromatic rings. The van der Waals surface area contributed by atoms with Crippen LogP contribution in [0.25, 0.3) is 0 Å². The van der Waals surface area contributed by atoms with Crippen molar-refractivity contribution in [2.75, 3.05) is 22.1 Å². The van der Waals surface area contributed by atoms with Gasteiger partial charge in [-0.15, -0.1) is 0 Å². The summed E-state index contributed by atoms with van der Waals surface area (Å²) in [6.45, 7) is 5.82. The Labute approximate surface area is 218 Å². The molecule has 1 aliphatic rings. The highest BCUT2D eigenvalue weighted by Gasteiger charge is 2.39. The molecule has 0 radical (unpaired) electrons. The number of imide groups is 1. The first-order valence-corrected chi connectivity index (χ1v) is 11.9. The Kier molecular flexibility index (Phi) is 7.40. The van der Waals surface area contributed by atoms with Crippen LogP contribution in [0.1, 0.15) is 38.8 Å². The molecule has 1 heterocycles. The number of hydrogen-bond donors (Lipinski definition) is 2. The largest absolute Gasteiger partial charge is 0.462 e. The molecule has 0 saturated carbocycles. The third kappa shape index (κ3) is 5.24. The van der Waals surface area contributed by atoms with Gasteiger partial charge >= 0.3 is 5.97 Å². The zero-order chi connectivity index (χ0) is 26.7. The van der Waals surface area contributed by atoms with Crippen LogP contribution < -0.4 is 15.5 Å². The second kappa shape index (κ2) is 10.7. The molecule has 4 rings (SSSR count). The zero-order valence-electron chi connectivity index (χ0n) is 20.4. The maximum Gasteiger partial charge on any atom is 0.338 e. The summed E-state index contributed by atoms with van der Waals surface area (Å²) in [7, 11) is 0. The number of nitrogens with one attached hydrogen (secondary N) is 2. The van der Waals surface area contributed by atoms with Crippen molar-refractivity contribution in [3.8, 4) is 0 Å². The van der Waals surface area contributed by atoms with Gasteiger partial charge in [-0.2, -0.15) is 0 Å². The van der Waals surface area contributed by atoms with E-state index >= 15 is 0 Å².